The van der Waals surface area contributed by atoms with Crippen LogP contribution >= 0.6 is 0 Å². The molecule has 488 valence electrons. The van der Waals surface area contributed by atoms with Crippen LogP contribution in [-0.2, 0) is 16.2 Å². The van der Waals surface area contributed by atoms with Gasteiger partial charge in [0.15, 0.2) is 0 Å². The molecule has 3 aliphatic carbocycles. The maximum Gasteiger partial charge on any atom is 0.0714 e. The lowest BCUT2D eigenvalue weighted by atomic mass is 9.68. The van der Waals surface area contributed by atoms with Gasteiger partial charge in [0.25, 0.3) is 0 Å². The molecule has 0 saturated heterocycles. The van der Waals surface area contributed by atoms with Crippen molar-refractivity contribution in [2.75, 3.05) is 9.80 Å². The van der Waals surface area contributed by atoms with Crippen LogP contribution in [0.2, 0.25) is 0 Å². The Morgan fingerprint density at radius 3 is 1.23 bits per heavy atom. The van der Waals surface area contributed by atoms with E-state index in [-0.39, 0.29) is 10.8 Å². The second-order valence-electron chi connectivity index (χ2n) is 29.0. The summed E-state index contributed by atoms with van der Waals surface area (Å²) in [4.78, 5) is 4.96. The quantitative estimate of drug-likeness (QED) is 0.126. The summed E-state index contributed by atoms with van der Waals surface area (Å²) in [5, 5.41) is 10.0. The molecule has 0 spiro atoms. The van der Waals surface area contributed by atoms with Crippen molar-refractivity contribution in [2.24, 2.45) is 0 Å². The van der Waals surface area contributed by atoms with Crippen molar-refractivity contribution >= 4 is 77.2 Å². The van der Waals surface area contributed by atoms with Gasteiger partial charge >= 0.3 is 0 Å². The van der Waals surface area contributed by atoms with E-state index in [1.807, 2.05) is 0 Å². The van der Waals surface area contributed by atoms with E-state index in [0.29, 0.717) is 0 Å². The van der Waals surface area contributed by atoms with Gasteiger partial charge in [-0.3, -0.25) is 0 Å². The molecule has 3 aliphatic rings. The van der Waals surface area contributed by atoms with Crippen molar-refractivity contribution in [1.82, 2.24) is 0 Å². The zero-order valence-electron chi connectivity index (χ0n) is 58.2. The van der Waals surface area contributed by atoms with Crippen molar-refractivity contribution in [3.63, 3.8) is 0 Å². The number of benzene rings is 17. The lowest BCUT2D eigenvalue weighted by molar-refractivity contribution is 0.660. The Bertz CT molecular complexity index is 6130. The Balaban J connectivity index is 0.000000144. The smallest absolute Gasteiger partial charge is 0.0714 e. The number of rotatable bonds is 10. The van der Waals surface area contributed by atoms with Crippen molar-refractivity contribution in [1.29, 1.82) is 0 Å². The summed E-state index contributed by atoms with van der Waals surface area (Å²) in [7, 11) is 0. The van der Waals surface area contributed by atoms with E-state index in [1.165, 1.54) is 149 Å². The number of fused-ring (bicyclic) bond motifs is 15. The van der Waals surface area contributed by atoms with Gasteiger partial charge in [0, 0.05) is 44.8 Å². The summed E-state index contributed by atoms with van der Waals surface area (Å²) in [6.07, 6.45) is 0. The molecule has 0 amide bonds. The summed E-state index contributed by atoms with van der Waals surface area (Å²) >= 11 is 0. The molecule has 0 fully saturated rings. The minimum atomic E-state index is -0.489. The largest absolute Gasteiger partial charge is 0.310 e. The van der Waals surface area contributed by atoms with Crippen LogP contribution in [0, 0.1) is 0 Å². The minimum absolute atomic E-state index is 0.0883. The zero-order chi connectivity index (χ0) is 69.0. The first-order chi connectivity index (χ1) is 50.6. The maximum absolute atomic E-state index is 2.53. The molecule has 103 heavy (non-hydrogen) atoms. The monoisotopic (exact) mass is 1310 g/mol. The third kappa shape index (κ3) is 9.84. The van der Waals surface area contributed by atoms with Crippen LogP contribution < -0.4 is 9.80 Å². The van der Waals surface area contributed by atoms with Crippen LogP contribution in [0.15, 0.2) is 376 Å². The molecule has 17 aromatic carbocycles. The molecule has 0 aromatic heterocycles. The first kappa shape index (κ1) is 61.5. The molecule has 0 bridgehead atoms. The topological polar surface area (TPSA) is 6.48 Å². The molecule has 0 N–H and O–H groups in total. The first-order valence-electron chi connectivity index (χ1n) is 36.1. The van der Waals surface area contributed by atoms with E-state index in [1.54, 1.807) is 0 Å². The highest BCUT2D eigenvalue weighted by Gasteiger charge is 2.48. The molecule has 0 heterocycles. The van der Waals surface area contributed by atoms with Crippen LogP contribution in [0.25, 0.3) is 98.7 Å². The lowest BCUT2D eigenvalue weighted by Gasteiger charge is -2.34. The van der Waals surface area contributed by atoms with E-state index in [9.17, 15) is 0 Å². The minimum Gasteiger partial charge on any atom is -0.310 e. The predicted octanol–water partition coefficient (Wildman–Crippen LogP) is 27.2. The summed E-state index contributed by atoms with van der Waals surface area (Å²) < 4.78 is 0. The van der Waals surface area contributed by atoms with Gasteiger partial charge in [-0.15, -0.1) is 0 Å². The van der Waals surface area contributed by atoms with E-state index >= 15 is 0 Å². The van der Waals surface area contributed by atoms with Crippen LogP contribution in [0.5, 0.6) is 0 Å². The van der Waals surface area contributed by atoms with E-state index < -0.39 is 5.41 Å². The van der Waals surface area contributed by atoms with Gasteiger partial charge in [-0.05, 0) is 210 Å². The molecule has 0 radical (unpaired) electrons. The van der Waals surface area contributed by atoms with Crippen molar-refractivity contribution in [3.05, 3.63) is 421 Å². The maximum atomic E-state index is 2.53. The highest BCUT2D eigenvalue weighted by molar-refractivity contribution is 6.15. The van der Waals surface area contributed by atoms with Gasteiger partial charge in [-0.25, -0.2) is 0 Å². The van der Waals surface area contributed by atoms with Crippen LogP contribution in [0.3, 0.4) is 0 Å². The number of hydrogen-bond donors (Lipinski definition) is 0. The van der Waals surface area contributed by atoms with Gasteiger partial charge in [-0.1, -0.05) is 331 Å². The Labute approximate surface area is 603 Å². The molecule has 20 rings (SSSR count). The van der Waals surface area contributed by atoms with Gasteiger partial charge in [0.05, 0.1) is 11.1 Å². The van der Waals surface area contributed by atoms with Crippen molar-refractivity contribution in [2.45, 2.75) is 43.9 Å². The molecule has 2 heteroatoms. The number of hydrogen-bond acceptors (Lipinski definition) is 2. The molecule has 0 aliphatic heterocycles. The van der Waals surface area contributed by atoms with Crippen molar-refractivity contribution in [3.8, 4) is 55.6 Å². The fraction of sp³-hybridized carbons (Fsp3) is 0.0693. The van der Waals surface area contributed by atoms with Crippen molar-refractivity contribution < 1.29 is 0 Å². The molecular weight excluding hydrogens is 1240 g/mol. The van der Waals surface area contributed by atoms with E-state index in [4.69, 9.17) is 0 Å². The Morgan fingerprint density at radius 2 is 0.612 bits per heavy atom. The van der Waals surface area contributed by atoms with Gasteiger partial charge in [0.1, 0.15) is 0 Å². The zero-order valence-corrected chi connectivity index (χ0v) is 58.2. The molecule has 2 nitrogen and oxygen atoms in total. The third-order valence-corrected chi connectivity index (χ3v) is 22.8. The fourth-order valence-corrected chi connectivity index (χ4v) is 17.8. The molecule has 0 saturated carbocycles. The molecule has 0 unspecified atom stereocenters. The highest BCUT2D eigenvalue weighted by Crippen LogP contribution is 2.61. The lowest BCUT2D eigenvalue weighted by Crippen LogP contribution is -2.28. The van der Waals surface area contributed by atoms with Crippen LogP contribution in [0.1, 0.15) is 72.2 Å². The predicted molar refractivity (Wildman–Crippen MR) is 436 cm³/mol. The van der Waals surface area contributed by atoms with E-state index in [0.717, 1.165) is 28.4 Å². The average Bonchev–Trinajstić information content (AvgIpc) is 1.54. The van der Waals surface area contributed by atoms with Gasteiger partial charge in [-0.2, -0.15) is 0 Å². The average molecular weight is 1320 g/mol. The summed E-state index contributed by atoms with van der Waals surface area (Å²) in [5.74, 6) is 0. The normalized spacial score (nSPS) is 13.7. The SMILES string of the molecule is CC1(C)c2ccccc2-c2ccc(N(c3ccc(-c4ccccc4)cc3)c3ccc4c(-c5ccccc5)cc5ccccc5c4c3)cc21.CC1(C)c2ccccc2-c2ccc(N(c3ccc4ccc5ccccc5c4c3)c3cccc4c3-c3ccccc3C4(c3ccccc3)c3ccccc3)cc21. The first-order valence-corrected chi connectivity index (χ1v) is 36.1. The fourth-order valence-electron chi connectivity index (χ4n) is 17.8. The molecule has 17 aromatic rings. The van der Waals surface area contributed by atoms with Gasteiger partial charge < -0.3 is 9.80 Å². The Kier molecular flexibility index (Phi) is 14.5. The Hall–Kier alpha value is -12.6. The third-order valence-electron chi connectivity index (χ3n) is 22.8. The second-order valence-corrected chi connectivity index (χ2v) is 29.0. The number of nitrogens with zero attached hydrogens (tertiary/aromatic N) is 2. The summed E-state index contributed by atoms with van der Waals surface area (Å²) in [6, 6.07) is 139. The molecule has 0 atom stereocenters. The highest BCUT2D eigenvalue weighted by atomic mass is 15.2. The van der Waals surface area contributed by atoms with Crippen LogP contribution in [-0.4, -0.2) is 0 Å². The summed E-state index contributed by atoms with van der Waals surface area (Å²) in [6.45, 7) is 9.46. The number of anilines is 6. The standard InChI is InChI=1S/C54H39N.C47H35N/c1-53(2)47-24-13-11-22-43(47)44-33-32-41(35-50(44)53)55(40-31-30-37-29-28-36-16-9-10-21-42(36)46(37)34-40)51-27-15-26-49-52(51)45-23-12-14-25-48(45)54(49,38-17-5-3-6-18-38)39-19-7-4-8-20-39;1-47(2)45-20-12-11-19-41(45)42-28-26-38(31-46(42)47)48(36-23-21-33(22-24-36)32-13-5-3-6-14-32)37-25-27-40-43(34-15-7-4-8-16-34)29-35-17-9-10-18-39(35)44(40)30-37/h3-35H,1-2H3;3-31H,1-2H3. The van der Waals surface area contributed by atoms with Crippen LogP contribution in [0.4, 0.5) is 34.1 Å². The summed E-state index contributed by atoms with van der Waals surface area (Å²) in [5.41, 5.74) is 29.6. The molecular formula is C101H74N2. The van der Waals surface area contributed by atoms with E-state index in [2.05, 4.69) is 414 Å². The van der Waals surface area contributed by atoms with Gasteiger partial charge in [0.2, 0.25) is 0 Å². The second kappa shape index (κ2) is 24.3. The Morgan fingerprint density at radius 1 is 0.204 bits per heavy atom.